The van der Waals surface area contributed by atoms with E-state index in [1.807, 2.05) is 18.2 Å². The van der Waals surface area contributed by atoms with Crippen molar-refractivity contribution in [2.75, 3.05) is 23.3 Å². The first-order valence-electron chi connectivity index (χ1n) is 15.1. The molecule has 0 bridgehead atoms. The molecule has 5 nitrogen and oxygen atoms in total. The molecule has 0 amide bonds. The second-order valence-electron chi connectivity index (χ2n) is 10.7. The molecule has 0 saturated heterocycles. The molecule has 2 aliphatic heterocycles. The van der Waals surface area contributed by atoms with Crippen LogP contribution in [-0.4, -0.2) is 19.6 Å². The molecule has 2 aliphatic rings. The predicted octanol–water partition coefficient (Wildman–Crippen LogP) is 2.19. The number of alkyl halides is 1. The molecular weight excluding hydrogens is 658 g/mol. The maximum atomic E-state index is 8.64. The third kappa shape index (κ3) is 11.2. The summed E-state index contributed by atoms with van der Waals surface area (Å²) in [6, 6.07) is 47.0. The molecule has 0 fully saturated rings. The van der Waals surface area contributed by atoms with E-state index in [1.54, 1.807) is 0 Å². The standard InChI is InChI=1S/C19H17N.C11H9Cl.C8H9N.CH2O3.2K.H/c1-3-10-18-15(6-1)8-5-9-17(18)14-20-13-12-16-7-2-4-11-19(16)20;12-8-10-6-3-5-9-4-1-2-7-11(9)10;1-2-4-8-7(3-1)5-6-9-8;2-1-4-3;;;/h1-11H,12-14H2;1-7H,8H2;1-4,9H,5-6H2;1,3H;;;/q;;;;2*+1;-1/p-1. The fraction of sp³-hybridized carbons (Fsp3) is 0.154. The summed E-state index contributed by atoms with van der Waals surface area (Å²) >= 11 is 5.81. The van der Waals surface area contributed by atoms with Crippen molar-refractivity contribution in [3.63, 3.8) is 0 Å². The summed E-state index contributed by atoms with van der Waals surface area (Å²) < 4.78 is 0. The van der Waals surface area contributed by atoms with Crippen LogP contribution in [0.25, 0.3) is 21.5 Å². The third-order valence-electron chi connectivity index (χ3n) is 8.01. The van der Waals surface area contributed by atoms with Gasteiger partial charge in [0.25, 0.3) is 6.47 Å². The summed E-state index contributed by atoms with van der Waals surface area (Å²) in [6.45, 7) is 3.06. The van der Waals surface area contributed by atoms with Crippen LogP contribution in [0.4, 0.5) is 11.4 Å². The fourth-order valence-corrected chi connectivity index (χ4v) is 6.09. The monoisotopic (exact) mass is 694 g/mol. The van der Waals surface area contributed by atoms with Crippen LogP contribution < -0.4 is 118 Å². The summed E-state index contributed by atoms with van der Waals surface area (Å²) in [5, 5.41) is 17.0. The molecule has 0 atom stereocenters. The molecule has 47 heavy (non-hydrogen) atoms. The molecular formula is C39H37ClK2N2O3. The van der Waals surface area contributed by atoms with Crippen LogP contribution in [0, 0.1) is 0 Å². The number of para-hydroxylation sites is 2. The van der Waals surface area contributed by atoms with Crippen LogP contribution >= 0.6 is 11.6 Å². The minimum atomic E-state index is -0.181. The largest absolute Gasteiger partial charge is 1.00 e. The van der Waals surface area contributed by atoms with Crippen LogP contribution in [0.3, 0.4) is 0 Å². The summed E-state index contributed by atoms with van der Waals surface area (Å²) in [6.07, 6.45) is 2.36. The number of carbonyl (C=O) groups is 1. The van der Waals surface area contributed by atoms with E-state index in [0.717, 1.165) is 19.6 Å². The van der Waals surface area contributed by atoms with E-state index in [0.29, 0.717) is 5.88 Å². The Hall–Kier alpha value is -1.57. The third-order valence-corrected chi connectivity index (χ3v) is 8.30. The maximum Gasteiger partial charge on any atom is 1.00 e. The molecule has 6 aromatic rings. The summed E-state index contributed by atoms with van der Waals surface area (Å²) in [4.78, 5) is 13.7. The minimum absolute atomic E-state index is 0. The average molecular weight is 695 g/mol. The van der Waals surface area contributed by atoms with Crippen molar-refractivity contribution in [2.45, 2.75) is 25.3 Å². The molecule has 0 radical (unpaired) electrons. The van der Waals surface area contributed by atoms with Gasteiger partial charge in [0.05, 0.1) is 0 Å². The first kappa shape index (κ1) is 39.9. The molecule has 8 heteroatoms. The number of nitrogens with zero attached hydrogens (tertiary/aromatic N) is 1. The number of hydrogen-bond donors (Lipinski definition) is 1. The van der Waals surface area contributed by atoms with Crippen molar-refractivity contribution in [2.24, 2.45) is 0 Å². The molecule has 0 unspecified atom stereocenters. The number of carbonyl (C=O) groups excluding carboxylic acids is 1. The number of halogens is 1. The summed E-state index contributed by atoms with van der Waals surface area (Å²) in [5.41, 5.74) is 8.28. The number of hydrogen-bond acceptors (Lipinski definition) is 5. The molecule has 8 rings (SSSR count). The van der Waals surface area contributed by atoms with E-state index in [2.05, 4.69) is 130 Å². The van der Waals surface area contributed by atoms with E-state index in [1.165, 1.54) is 68.0 Å². The zero-order valence-corrected chi connectivity index (χ0v) is 34.1. The SMILES string of the molecule is ClCc1cccc2ccccc12.O=CO[O-].[H-].[K+].[K+].c1ccc2c(c1)CCN2.c1ccc2c(c1)CCN2Cc1cccc2ccccc12. The van der Waals surface area contributed by atoms with Gasteiger partial charge >= 0.3 is 103 Å². The van der Waals surface area contributed by atoms with Gasteiger partial charge in [0.1, 0.15) is 0 Å². The molecule has 0 spiro atoms. The van der Waals surface area contributed by atoms with Gasteiger partial charge < -0.3 is 21.8 Å². The van der Waals surface area contributed by atoms with Crippen molar-refractivity contribution in [3.8, 4) is 0 Å². The van der Waals surface area contributed by atoms with Crippen LogP contribution in [0.15, 0.2) is 133 Å². The second kappa shape index (κ2) is 21.5. The van der Waals surface area contributed by atoms with Gasteiger partial charge in [0.2, 0.25) is 0 Å². The first-order valence-corrected chi connectivity index (χ1v) is 15.6. The summed E-state index contributed by atoms with van der Waals surface area (Å²) in [7, 11) is 0. The average Bonchev–Trinajstić information content (AvgIpc) is 3.76. The van der Waals surface area contributed by atoms with Gasteiger partial charge in [0.15, 0.2) is 0 Å². The predicted molar refractivity (Wildman–Crippen MR) is 186 cm³/mol. The smallest absolute Gasteiger partial charge is 1.00 e. The van der Waals surface area contributed by atoms with Crippen LogP contribution in [-0.2, 0) is 34.9 Å². The topological polar surface area (TPSA) is 64.6 Å². The van der Waals surface area contributed by atoms with Gasteiger partial charge in [-0.1, -0.05) is 121 Å². The Bertz CT molecular complexity index is 1830. The van der Waals surface area contributed by atoms with Crippen molar-refractivity contribution in [1.29, 1.82) is 0 Å². The van der Waals surface area contributed by atoms with Gasteiger partial charge in [-0.25, -0.2) is 0 Å². The van der Waals surface area contributed by atoms with Gasteiger partial charge in [-0.15, -0.1) is 11.6 Å². The van der Waals surface area contributed by atoms with Crippen LogP contribution in [0.1, 0.15) is 23.7 Å². The Kier molecular flexibility index (Phi) is 18.2. The Morgan fingerprint density at radius 3 is 1.87 bits per heavy atom. The normalized spacial score (nSPS) is 11.7. The number of anilines is 2. The number of nitrogens with one attached hydrogen (secondary N) is 1. The first-order chi connectivity index (χ1) is 22.2. The Morgan fingerprint density at radius 1 is 0.702 bits per heavy atom. The number of benzene rings is 6. The van der Waals surface area contributed by atoms with Gasteiger partial charge in [0, 0.05) is 36.9 Å². The van der Waals surface area contributed by atoms with E-state index in [-0.39, 0.29) is 111 Å². The minimum Gasteiger partial charge on any atom is -1.00 e. The molecule has 0 saturated carbocycles. The van der Waals surface area contributed by atoms with E-state index < -0.39 is 0 Å². The van der Waals surface area contributed by atoms with E-state index in [9.17, 15) is 0 Å². The second-order valence-corrected chi connectivity index (χ2v) is 11.0. The van der Waals surface area contributed by atoms with Crippen LogP contribution in [0.2, 0.25) is 0 Å². The Labute approximate surface area is 368 Å². The van der Waals surface area contributed by atoms with Crippen molar-refractivity contribution >= 4 is 51.0 Å². The van der Waals surface area contributed by atoms with Gasteiger partial charge in [-0.05, 0) is 68.8 Å². The van der Waals surface area contributed by atoms with Crippen LogP contribution in [0.5, 0.6) is 0 Å². The molecule has 230 valence electrons. The zero-order valence-electron chi connectivity index (χ0n) is 28.1. The Morgan fingerprint density at radius 2 is 1.23 bits per heavy atom. The number of fused-ring (bicyclic) bond motifs is 4. The fourth-order valence-electron chi connectivity index (χ4n) is 5.86. The maximum absolute atomic E-state index is 8.64. The number of rotatable bonds is 4. The molecule has 2 heterocycles. The summed E-state index contributed by atoms with van der Waals surface area (Å²) in [5.74, 6) is 0.585. The van der Waals surface area contributed by atoms with Gasteiger partial charge in [-0.2, -0.15) is 0 Å². The molecule has 0 aromatic heterocycles. The van der Waals surface area contributed by atoms with Gasteiger partial charge in [-0.3, -0.25) is 4.79 Å². The molecule has 1 N–H and O–H groups in total. The Balaban J connectivity index is 0.000000246. The molecule has 0 aliphatic carbocycles. The van der Waals surface area contributed by atoms with Crippen molar-refractivity contribution < 1.29 is 119 Å². The quantitative estimate of drug-likeness (QED) is 0.101. The zero-order chi connectivity index (χ0) is 31.3. The van der Waals surface area contributed by atoms with E-state index in [4.69, 9.17) is 21.7 Å². The van der Waals surface area contributed by atoms with Crippen molar-refractivity contribution in [3.05, 3.63) is 156 Å². The molecule has 6 aromatic carbocycles. The van der Waals surface area contributed by atoms with Crippen molar-refractivity contribution in [1.82, 2.24) is 0 Å². The van der Waals surface area contributed by atoms with E-state index >= 15 is 0 Å².